The smallest absolute Gasteiger partial charge is 0.329 e. The lowest BCUT2D eigenvalue weighted by molar-refractivity contribution is -0.140. The van der Waals surface area contributed by atoms with Gasteiger partial charge in [0.05, 0.1) is 5.56 Å². The minimum absolute atomic E-state index is 0.361. The number of furan rings is 1. The van der Waals surface area contributed by atoms with E-state index in [0.717, 1.165) is 0 Å². The standard InChI is InChI=1S/C10H11NO4/c1-6-4-7(5-15-6)8(12)11-10(2-3-10)9(13)14/h4-5H,2-3H2,1H3,(H,11,12)(H,13,14). The van der Waals surface area contributed by atoms with Crippen LogP contribution in [-0.2, 0) is 4.79 Å². The van der Waals surface area contributed by atoms with Crippen molar-refractivity contribution in [3.8, 4) is 0 Å². The highest BCUT2D eigenvalue weighted by molar-refractivity contribution is 5.98. The molecule has 1 saturated carbocycles. The number of rotatable bonds is 3. The summed E-state index contributed by atoms with van der Waals surface area (Å²) in [5.74, 6) is -0.747. The maximum absolute atomic E-state index is 11.6. The van der Waals surface area contributed by atoms with E-state index in [-0.39, 0.29) is 0 Å². The van der Waals surface area contributed by atoms with Crippen molar-refractivity contribution in [2.45, 2.75) is 25.3 Å². The fourth-order valence-electron chi connectivity index (χ4n) is 1.37. The second-order valence-electron chi connectivity index (χ2n) is 3.79. The third kappa shape index (κ3) is 1.72. The number of amides is 1. The molecule has 0 aliphatic heterocycles. The van der Waals surface area contributed by atoms with Gasteiger partial charge in [0, 0.05) is 0 Å². The highest BCUT2D eigenvalue weighted by Gasteiger charge is 2.51. The summed E-state index contributed by atoms with van der Waals surface area (Å²) in [6.07, 6.45) is 2.30. The molecule has 1 fully saturated rings. The van der Waals surface area contributed by atoms with Crippen LogP contribution in [0.5, 0.6) is 0 Å². The molecule has 5 nitrogen and oxygen atoms in total. The van der Waals surface area contributed by atoms with Crippen molar-refractivity contribution in [1.29, 1.82) is 0 Å². The Bertz CT molecular complexity index is 417. The van der Waals surface area contributed by atoms with Crippen LogP contribution in [-0.4, -0.2) is 22.5 Å². The summed E-state index contributed by atoms with van der Waals surface area (Å²) in [5.41, 5.74) is -0.678. The fourth-order valence-corrected chi connectivity index (χ4v) is 1.37. The van der Waals surface area contributed by atoms with Gasteiger partial charge in [-0.1, -0.05) is 0 Å². The van der Waals surface area contributed by atoms with Gasteiger partial charge in [0.15, 0.2) is 0 Å². The van der Waals surface area contributed by atoms with Crippen LogP contribution >= 0.6 is 0 Å². The highest BCUT2D eigenvalue weighted by Crippen LogP contribution is 2.35. The molecule has 1 aliphatic carbocycles. The number of aliphatic carboxylic acids is 1. The topological polar surface area (TPSA) is 79.5 Å². The molecule has 1 amide bonds. The van der Waals surface area contributed by atoms with Gasteiger partial charge >= 0.3 is 5.97 Å². The van der Waals surface area contributed by atoms with Crippen LogP contribution in [0.2, 0.25) is 0 Å². The number of carboxylic acid groups (broad SMARTS) is 1. The van der Waals surface area contributed by atoms with Gasteiger partial charge in [-0.15, -0.1) is 0 Å². The van der Waals surface area contributed by atoms with Gasteiger partial charge in [0.2, 0.25) is 0 Å². The Labute approximate surface area is 86.1 Å². The zero-order valence-corrected chi connectivity index (χ0v) is 8.24. The Kier molecular flexibility index (Phi) is 2.03. The molecular formula is C10H11NO4. The average Bonchev–Trinajstić information content (AvgIpc) is 2.82. The number of hydrogen-bond donors (Lipinski definition) is 2. The number of carbonyl (C=O) groups is 2. The van der Waals surface area contributed by atoms with E-state index in [9.17, 15) is 9.59 Å². The molecule has 0 aromatic carbocycles. The normalized spacial score (nSPS) is 17.1. The molecule has 15 heavy (non-hydrogen) atoms. The number of hydrogen-bond acceptors (Lipinski definition) is 3. The van der Waals surface area contributed by atoms with Crippen molar-refractivity contribution >= 4 is 11.9 Å². The predicted octanol–water partition coefficient (Wildman–Crippen LogP) is 0.935. The molecule has 0 unspecified atom stereocenters. The molecule has 0 atom stereocenters. The van der Waals surface area contributed by atoms with Crippen LogP contribution in [0.1, 0.15) is 29.0 Å². The predicted molar refractivity (Wildman–Crippen MR) is 50.5 cm³/mol. The first-order valence-electron chi connectivity index (χ1n) is 4.64. The molecular weight excluding hydrogens is 198 g/mol. The van der Waals surface area contributed by atoms with Crippen molar-refractivity contribution in [2.75, 3.05) is 0 Å². The Morgan fingerprint density at radius 2 is 2.20 bits per heavy atom. The molecule has 5 heteroatoms. The monoisotopic (exact) mass is 209 g/mol. The quantitative estimate of drug-likeness (QED) is 0.776. The summed E-state index contributed by atoms with van der Waals surface area (Å²) in [5, 5.41) is 11.4. The molecule has 80 valence electrons. The van der Waals surface area contributed by atoms with Crippen LogP contribution in [0, 0.1) is 6.92 Å². The number of carbonyl (C=O) groups excluding carboxylic acids is 1. The Morgan fingerprint density at radius 3 is 2.60 bits per heavy atom. The van der Waals surface area contributed by atoms with Crippen molar-refractivity contribution in [1.82, 2.24) is 5.32 Å². The zero-order valence-electron chi connectivity index (χ0n) is 8.24. The first kappa shape index (κ1) is 9.76. The molecule has 0 radical (unpaired) electrons. The van der Waals surface area contributed by atoms with E-state index < -0.39 is 17.4 Å². The molecule has 0 bridgehead atoms. The molecule has 0 spiro atoms. The second-order valence-corrected chi connectivity index (χ2v) is 3.79. The van der Waals surface area contributed by atoms with Gasteiger partial charge in [-0.2, -0.15) is 0 Å². The Balaban J connectivity index is 2.08. The van der Waals surface area contributed by atoms with Gasteiger partial charge in [0.25, 0.3) is 5.91 Å². The summed E-state index contributed by atoms with van der Waals surface area (Å²) in [6.45, 7) is 1.72. The Morgan fingerprint density at radius 1 is 1.53 bits per heavy atom. The fraction of sp³-hybridized carbons (Fsp3) is 0.400. The molecule has 1 aromatic rings. The minimum atomic E-state index is -1.04. The lowest BCUT2D eigenvalue weighted by Gasteiger charge is -2.10. The third-order valence-electron chi connectivity index (χ3n) is 2.50. The first-order valence-corrected chi connectivity index (χ1v) is 4.64. The third-order valence-corrected chi connectivity index (χ3v) is 2.50. The molecule has 1 heterocycles. The van der Waals surface area contributed by atoms with Gasteiger partial charge in [0.1, 0.15) is 17.6 Å². The SMILES string of the molecule is Cc1cc(C(=O)NC2(C(=O)O)CC2)co1. The summed E-state index contributed by atoms with van der Waals surface area (Å²) in [6, 6.07) is 1.58. The molecule has 1 aliphatic rings. The number of carboxylic acids is 1. The zero-order chi connectivity index (χ0) is 11.1. The average molecular weight is 209 g/mol. The van der Waals surface area contributed by atoms with Crippen LogP contribution in [0.25, 0.3) is 0 Å². The lowest BCUT2D eigenvalue weighted by Crippen LogP contribution is -2.42. The first-order chi connectivity index (χ1) is 7.03. The highest BCUT2D eigenvalue weighted by atomic mass is 16.4. The van der Waals surface area contributed by atoms with E-state index in [1.165, 1.54) is 6.26 Å². The van der Waals surface area contributed by atoms with Gasteiger partial charge in [-0.05, 0) is 25.8 Å². The molecule has 0 saturated heterocycles. The number of nitrogens with one attached hydrogen (secondary N) is 1. The summed E-state index contributed by atoms with van der Waals surface area (Å²) in [4.78, 5) is 22.4. The molecule has 2 N–H and O–H groups in total. The maximum Gasteiger partial charge on any atom is 0.329 e. The molecule has 2 rings (SSSR count). The van der Waals surface area contributed by atoms with Crippen molar-refractivity contribution in [3.05, 3.63) is 23.7 Å². The Hall–Kier alpha value is -1.78. The largest absolute Gasteiger partial charge is 0.480 e. The van der Waals surface area contributed by atoms with Crippen molar-refractivity contribution in [2.24, 2.45) is 0 Å². The van der Waals surface area contributed by atoms with Crippen molar-refractivity contribution in [3.63, 3.8) is 0 Å². The van der Waals surface area contributed by atoms with E-state index in [1.807, 2.05) is 0 Å². The number of aryl methyl sites for hydroxylation is 1. The van der Waals surface area contributed by atoms with E-state index in [1.54, 1.807) is 13.0 Å². The van der Waals surface area contributed by atoms with E-state index >= 15 is 0 Å². The van der Waals surface area contributed by atoms with Crippen molar-refractivity contribution < 1.29 is 19.1 Å². The van der Waals surface area contributed by atoms with Crippen LogP contribution < -0.4 is 5.32 Å². The summed E-state index contributed by atoms with van der Waals surface area (Å²) >= 11 is 0. The van der Waals surface area contributed by atoms with E-state index in [4.69, 9.17) is 9.52 Å². The summed E-state index contributed by atoms with van der Waals surface area (Å²) in [7, 11) is 0. The van der Waals surface area contributed by atoms with Crippen LogP contribution in [0.3, 0.4) is 0 Å². The maximum atomic E-state index is 11.6. The van der Waals surface area contributed by atoms with E-state index in [0.29, 0.717) is 24.2 Å². The second kappa shape index (κ2) is 3.12. The van der Waals surface area contributed by atoms with E-state index in [2.05, 4.69) is 5.32 Å². The molecule has 1 aromatic heterocycles. The van der Waals surface area contributed by atoms with Gasteiger partial charge < -0.3 is 14.8 Å². The van der Waals surface area contributed by atoms with Crippen LogP contribution in [0.15, 0.2) is 16.7 Å². The van der Waals surface area contributed by atoms with Gasteiger partial charge in [-0.3, -0.25) is 4.79 Å². The van der Waals surface area contributed by atoms with Gasteiger partial charge in [-0.25, -0.2) is 4.79 Å². The minimum Gasteiger partial charge on any atom is -0.480 e. The lowest BCUT2D eigenvalue weighted by atomic mass is 10.2. The van der Waals surface area contributed by atoms with Crippen LogP contribution in [0.4, 0.5) is 0 Å². The summed E-state index contributed by atoms with van der Waals surface area (Å²) < 4.78 is 4.97.